The lowest BCUT2D eigenvalue weighted by Crippen LogP contribution is -2.53. The standard InChI is InChI=1S/C32H40F3N7O7/c1-31(2,3)49-30(46)40-28-25(26-24(48-28)13-19(15-37-26)5-4-8-41-9-11-47-12-10-41)27(43)39-22-16-36-7-6-23(22)42-17-20(32(33,34)35)14-21(18-42)38-29(44)45/h6-7,13,15-16,20-21,38H,4-5,8-12,14,17-18H2,1-3H3,(H,39,43)(H,40,46)(H,44,45)/t20-,21+/m1/s1. The van der Waals surface area contributed by atoms with E-state index in [1.165, 1.54) is 23.4 Å². The minimum Gasteiger partial charge on any atom is -0.465 e. The van der Waals surface area contributed by atoms with Gasteiger partial charge in [-0.15, -0.1) is 0 Å². The third-order valence-electron chi connectivity index (χ3n) is 8.10. The van der Waals surface area contributed by atoms with E-state index in [1.807, 2.05) is 0 Å². The lowest BCUT2D eigenvalue weighted by molar-refractivity contribution is -0.177. The van der Waals surface area contributed by atoms with Crippen LogP contribution in [0.15, 0.2) is 35.1 Å². The Bertz CT molecular complexity index is 1650. The summed E-state index contributed by atoms with van der Waals surface area (Å²) in [5.41, 5.74) is 0.498. The molecular weight excluding hydrogens is 651 g/mol. The van der Waals surface area contributed by atoms with E-state index in [1.54, 1.807) is 33.0 Å². The van der Waals surface area contributed by atoms with Gasteiger partial charge in [-0.1, -0.05) is 0 Å². The van der Waals surface area contributed by atoms with Gasteiger partial charge in [0.2, 0.25) is 5.88 Å². The van der Waals surface area contributed by atoms with E-state index in [0.29, 0.717) is 19.6 Å². The Morgan fingerprint density at radius 3 is 2.55 bits per heavy atom. The number of pyridine rings is 2. The lowest BCUT2D eigenvalue weighted by atomic mass is 9.93. The summed E-state index contributed by atoms with van der Waals surface area (Å²) >= 11 is 0. The number of hydrogen-bond donors (Lipinski definition) is 4. The summed E-state index contributed by atoms with van der Waals surface area (Å²) in [7, 11) is 0. The third kappa shape index (κ3) is 9.50. The number of furan rings is 1. The highest BCUT2D eigenvalue weighted by Gasteiger charge is 2.45. The van der Waals surface area contributed by atoms with Gasteiger partial charge in [-0.25, -0.2) is 9.59 Å². The predicted octanol–water partition coefficient (Wildman–Crippen LogP) is 5.11. The molecule has 2 aliphatic rings. The number of aromatic nitrogens is 2. The average molecular weight is 692 g/mol. The highest BCUT2D eigenvalue weighted by molar-refractivity contribution is 6.16. The molecule has 2 fully saturated rings. The molecule has 0 radical (unpaired) electrons. The van der Waals surface area contributed by atoms with E-state index in [-0.39, 0.29) is 40.5 Å². The summed E-state index contributed by atoms with van der Waals surface area (Å²) in [6.45, 7) is 8.49. The Morgan fingerprint density at radius 1 is 1.10 bits per heavy atom. The molecule has 0 unspecified atom stereocenters. The molecule has 14 nitrogen and oxygen atoms in total. The Morgan fingerprint density at radius 2 is 1.86 bits per heavy atom. The minimum absolute atomic E-state index is 0.0571. The van der Waals surface area contributed by atoms with Crippen molar-refractivity contribution in [2.24, 2.45) is 5.92 Å². The van der Waals surface area contributed by atoms with Gasteiger partial charge in [-0.2, -0.15) is 13.2 Å². The van der Waals surface area contributed by atoms with Crippen LogP contribution >= 0.6 is 0 Å². The number of nitrogens with zero attached hydrogens (tertiary/aromatic N) is 4. The van der Waals surface area contributed by atoms with Gasteiger partial charge in [0.1, 0.15) is 16.7 Å². The van der Waals surface area contributed by atoms with Crippen molar-refractivity contribution in [3.63, 3.8) is 0 Å². The molecule has 2 atom stereocenters. The molecule has 3 aromatic heterocycles. The van der Waals surface area contributed by atoms with Crippen LogP contribution in [0.2, 0.25) is 0 Å². The number of carbonyl (C=O) groups excluding carboxylic acids is 2. The number of hydrogen-bond acceptors (Lipinski definition) is 10. The highest BCUT2D eigenvalue weighted by atomic mass is 19.4. The molecule has 266 valence electrons. The van der Waals surface area contributed by atoms with Crippen molar-refractivity contribution < 1.29 is 46.6 Å². The van der Waals surface area contributed by atoms with Gasteiger partial charge >= 0.3 is 18.4 Å². The van der Waals surface area contributed by atoms with Crippen LogP contribution in [0.5, 0.6) is 0 Å². The monoisotopic (exact) mass is 691 g/mol. The van der Waals surface area contributed by atoms with Crippen molar-refractivity contribution in [2.75, 3.05) is 61.5 Å². The summed E-state index contributed by atoms with van der Waals surface area (Å²) in [5.74, 6) is -2.84. The first-order valence-corrected chi connectivity index (χ1v) is 15.9. The second kappa shape index (κ2) is 14.9. The second-order valence-electron chi connectivity index (χ2n) is 13.1. The van der Waals surface area contributed by atoms with Crippen LogP contribution in [-0.4, -0.2) is 102 Å². The first-order valence-electron chi connectivity index (χ1n) is 15.9. The molecule has 49 heavy (non-hydrogen) atoms. The Balaban J connectivity index is 1.42. The number of halogens is 3. The number of ether oxygens (including phenoxy) is 2. The number of nitrogens with one attached hydrogen (secondary N) is 3. The van der Waals surface area contributed by atoms with Gasteiger partial charge in [0.25, 0.3) is 5.91 Å². The molecule has 0 aliphatic carbocycles. The van der Waals surface area contributed by atoms with Crippen LogP contribution in [0.1, 0.15) is 49.5 Å². The predicted molar refractivity (Wildman–Crippen MR) is 173 cm³/mol. The van der Waals surface area contributed by atoms with Crippen LogP contribution in [-0.2, 0) is 15.9 Å². The van der Waals surface area contributed by atoms with Gasteiger partial charge in [0.15, 0.2) is 5.58 Å². The van der Waals surface area contributed by atoms with E-state index in [9.17, 15) is 32.7 Å². The van der Waals surface area contributed by atoms with Gasteiger partial charge in [-0.3, -0.25) is 25.0 Å². The molecule has 17 heteroatoms. The molecule has 5 rings (SSSR count). The quantitative estimate of drug-likeness (QED) is 0.235. The summed E-state index contributed by atoms with van der Waals surface area (Å²) in [6.07, 6.45) is -1.55. The second-order valence-corrected chi connectivity index (χ2v) is 13.1. The van der Waals surface area contributed by atoms with Crippen LogP contribution in [0.3, 0.4) is 0 Å². The van der Waals surface area contributed by atoms with E-state index < -0.39 is 54.8 Å². The number of alkyl halides is 3. The summed E-state index contributed by atoms with van der Waals surface area (Å²) in [4.78, 5) is 50.2. The fourth-order valence-corrected chi connectivity index (χ4v) is 5.94. The Labute approximate surface area is 280 Å². The number of piperidine rings is 1. The van der Waals surface area contributed by atoms with Crippen molar-refractivity contribution in [3.05, 3.63) is 41.9 Å². The maximum Gasteiger partial charge on any atom is 0.414 e. The maximum absolute atomic E-state index is 13.9. The topological polar surface area (TPSA) is 171 Å². The fourth-order valence-electron chi connectivity index (χ4n) is 5.94. The average Bonchev–Trinajstić information content (AvgIpc) is 3.37. The maximum atomic E-state index is 13.9. The van der Waals surface area contributed by atoms with Gasteiger partial charge in [0, 0.05) is 38.6 Å². The molecule has 0 saturated carbocycles. The van der Waals surface area contributed by atoms with E-state index in [4.69, 9.17) is 13.9 Å². The van der Waals surface area contributed by atoms with E-state index in [0.717, 1.165) is 31.6 Å². The summed E-state index contributed by atoms with van der Waals surface area (Å²) in [5, 5.41) is 16.5. The van der Waals surface area contributed by atoms with Crippen molar-refractivity contribution in [2.45, 2.75) is 57.9 Å². The molecule has 0 bridgehead atoms. The number of aryl methyl sites for hydroxylation is 1. The lowest BCUT2D eigenvalue weighted by Gasteiger charge is -2.40. The molecule has 2 saturated heterocycles. The van der Waals surface area contributed by atoms with Crippen LogP contribution in [0.4, 0.5) is 40.0 Å². The van der Waals surface area contributed by atoms with Crippen molar-refractivity contribution in [1.29, 1.82) is 0 Å². The number of amides is 3. The van der Waals surface area contributed by atoms with Gasteiger partial charge in [0.05, 0.1) is 42.7 Å². The number of anilines is 3. The zero-order valence-corrected chi connectivity index (χ0v) is 27.4. The minimum atomic E-state index is -4.58. The SMILES string of the molecule is CC(C)(C)OC(=O)Nc1oc2cc(CCCN3CCOCC3)cnc2c1C(=O)Nc1cnccc1N1C[C@@H](NC(=O)O)C[C@@H](C(F)(F)F)C1. The smallest absolute Gasteiger partial charge is 0.414 e. The molecular formula is C32H40F3N7O7. The first kappa shape index (κ1) is 35.7. The third-order valence-corrected chi connectivity index (χ3v) is 8.10. The molecule has 0 spiro atoms. The molecule has 0 aromatic carbocycles. The van der Waals surface area contributed by atoms with Gasteiger partial charge in [-0.05, 0) is 64.3 Å². The zero-order valence-electron chi connectivity index (χ0n) is 27.4. The van der Waals surface area contributed by atoms with Crippen LogP contribution in [0, 0.1) is 5.92 Å². The number of rotatable bonds is 9. The molecule has 5 heterocycles. The number of morpholine rings is 1. The number of carboxylic acid groups (broad SMARTS) is 1. The van der Waals surface area contributed by atoms with Crippen molar-refractivity contribution in [1.82, 2.24) is 20.2 Å². The zero-order chi connectivity index (χ0) is 35.3. The number of carbonyl (C=O) groups is 3. The Hall–Kier alpha value is -4.64. The van der Waals surface area contributed by atoms with E-state index >= 15 is 0 Å². The first-order chi connectivity index (χ1) is 23.2. The largest absolute Gasteiger partial charge is 0.465 e. The number of fused-ring (bicyclic) bond motifs is 1. The normalized spacial score (nSPS) is 19.0. The highest BCUT2D eigenvalue weighted by Crippen LogP contribution is 2.38. The van der Waals surface area contributed by atoms with Crippen LogP contribution in [0.25, 0.3) is 11.1 Å². The van der Waals surface area contributed by atoms with Crippen molar-refractivity contribution >= 4 is 46.5 Å². The molecule has 2 aliphatic heterocycles. The molecule has 3 aromatic rings. The fraction of sp³-hybridized carbons (Fsp3) is 0.531. The summed E-state index contributed by atoms with van der Waals surface area (Å²) < 4.78 is 58.3. The Kier molecular flexibility index (Phi) is 10.8. The van der Waals surface area contributed by atoms with Crippen molar-refractivity contribution in [3.8, 4) is 0 Å². The summed E-state index contributed by atoms with van der Waals surface area (Å²) in [6, 6.07) is 2.15. The molecule has 4 N–H and O–H groups in total. The van der Waals surface area contributed by atoms with Gasteiger partial charge < -0.3 is 34.5 Å². The molecule has 3 amide bonds. The van der Waals surface area contributed by atoms with E-state index in [2.05, 4.69) is 30.8 Å². The van der Waals surface area contributed by atoms with Crippen LogP contribution < -0.4 is 20.9 Å².